The van der Waals surface area contributed by atoms with Crippen LogP contribution in [0.1, 0.15) is 30.1 Å². The van der Waals surface area contributed by atoms with Gasteiger partial charge in [0.2, 0.25) is 6.79 Å². The van der Waals surface area contributed by atoms with E-state index in [1.54, 1.807) is 6.07 Å². The number of para-hydroxylation sites is 1. The van der Waals surface area contributed by atoms with Crippen LogP contribution in [0.2, 0.25) is 0 Å². The van der Waals surface area contributed by atoms with Crippen molar-refractivity contribution in [3.8, 4) is 11.5 Å². The number of benzene rings is 1. The smallest absolute Gasteiger partial charge is 0.258 e. The second kappa shape index (κ2) is 6.54. The molecular weight excluding hydrogens is 292 g/mol. The number of hydrogen-bond acceptors (Lipinski definition) is 4. The van der Waals surface area contributed by atoms with Gasteiger partial charge < -0.3 is 20.1 Å². The molecule has 2 heterocycles. The van der Waals surface area contributed by atoms with Crippen molar-refractivity contribution in [1.29, 1.82) is 0 Å². The Morgan fingerprint density at radius 2 is 2.24 bits per heavy atom. The van der Waals surface area contributed by atoms with E-state index in [2.05, 4.69) is 6.92 Å². The fourth-order valence-electron chi connectivity index (χ4n) is 3.00. The molecule has 0 aliphatic carbocycles. The van der Waals surface area contributed by atoms with Gasteiger partial charge in [-0.05, 0) is 30.9 Å². The van der Waals surface area contributed by atoms with E-state index in [9.17, 15) is 4.79 Å². The Hall–Kier alpha value is -1.46. The molecule has 5 nitrogen and oxygen atoms in total. The zero-order chi connectivity index (χ0) is 14.1. The maximum absolute atomic E-state index is 12.8. The van der Waals surface area contributed by atoms with Crippen molar-refractivity contribution in [2.24, 2.45) is 11.7 Å². The Kier molecular flexibility index (Phi) is 4.96. The lowest BCUT2D eigenvalue weighted by Gasteiger charge is -2.38. The van der Waals surface area contributed by atoms with Gasteiger partial charge in [0, 0.05) is 19.1 Å². The van der Waals surface area contributed by atoms with Gasteiger partial charge in [-0.3, -0.25) is 4.79 Å². The average Bonchev–Trinajstić information content (AvgIpc) is 2.94. The molecule has 0 radical (unpaired) electrons. The van der Waals surface area contributed by atoms with Crippen LogP contribution in [-0.2, 0) is 0 Å². The summed E-state index contributed by atoms with van der Waals surface area (Å²) in [6, 6.07) is 5.55. The fourth-order valence-corrected chi connectivity index (χ4v) is 3.00. The maximum Gasteiger partial charge on any atom is 0.258 e. The summed E-state index contributed by atoms with van der Waals surface area (Å²) < 4.78 is 10.8. The lowest BCUT2D eigenvalue weighted by molar-refractivity contribution is 0.0569. The Morgan fingerprint density at radius 3 is 3.00 bits per heavy atom. The predicted octanol–water partition coefficient (Wildman–Crippen LogP) is 2.04. The molecule has 2 aliphatic heterocycles. The second-order valence-electron chi connectivity index (χ2n) is 5.56. The van der Waals surface area contributed by atoms with E-state index >= 15 is 0 Å². The standard InChI is InChI=1S/C15H20N2O3.ClH/c1-10-5-6-17(11(7-10)8-16)15(18)12-3-2-4-13-14(12)20-9-19-13;/h2-4,10-11H,5-9,16H2,1H3;1H. The highest BCUT2D eigenvalue weighted by Crippen LogP contribution is 2.36. The van der Waals surface area contributed by atoms with Crippen molar-refractivity contribution in [2.75, 3.05) is 19.9 Å². The highest BCUT2D eigenvalue weighted by Gasteiger charge is 2.32. The third-order valence-electron chi connectivity index (χ3n) is 4.14. The predicted molar refractivity (Wildman–Crippen MR) is 82.1 cm³/mol. The van der Waals surface area contributed by atoms with E-state index in [0.717, 1.165) is 19.4 Å². The molecule has 0 bridgehead atoms. The van der Waals surface area contributed by atoms with Gasteiger partial charge in [0.25, 0.3) is 5.91 Å². The zero-order valence-corrected chi connectivity index (χ0v) is 12.9. The number of likely N-dealkylation sites (tertiary alicyclic amines) is 1. The molecule has 1 aromatic carbocycles. The third kappa shape index (κ3) is 2.94. The molecule has 0 saturated carbocycles. The largest absolute Gasteiger partial charge is 0.454 e. The summed E-state index contributed by atoms with van der Waals surface area (Å²) in [5.41, 5.74) is 6.41. The van der Waals surface area contributed by atoms with Crippen LogP contribution in [0.4, 0.5) is 0 Å². The van der Waals surface area contributed by atoms with Crippen molar-refractivity contribution in [1.82, 2.24) is 4.90 Å². The van der Waals surface area contributed by atoms with Crippen LogP contribution in [0, 0.1) is 5.92 Å². The van der Waals surface area contributed by atoms with Crippen LogP contribution in [0.5, 0.6) is 11.5 Å². The lowest BCUT2D eigenvalue weighted by Crippen LogP contribution is -2.49. The Bertz CT molecular complexity index is 524. The van der Waals surface area contributed by atoms with E-state index < -0.39 is 0 Å². The molecule has 116 valence electrons. The summed E-state index contributed by atoms with van der Waals surface area (Å²) in [5, 5.41) is 0. The number of carbonyl (C=O) groups excluding carboxylic acids is 1. The fraction of sp³-hybridized carbons (Fsp3) is 0.533. The summed E-state index contributed by atoms with van der Waals surface area (Å²) in [5.74, 6) is 1.82. The summed E-state index contributed by atoms with van der Waals surface area (Å²) in [6.07, 6.45) is 1.99. The number of ether oxygens (including phenoxy) is 2. The number of piperidine rings is 1. The highest BCUT2D eigenvalue weighted by molar-refractivity contribution is 5.98. The maximum atomic E-state index is 12.8. The number of hydrogen-bond donors (Lipinski definition) is 1. The highest BCUT2D eigenvalue weighted by atomic mass is 35.5. The summed E-state index contributed by atoms with van der Waals surface area (Å²) in [6.45, 7) is 3.65. The first-order valence-corrected chi connectivity index (χ1v) is 7.10. The first kappa shape index (κ1) is 15.9. The first-order chi connectivity index (χ1) is 9.70. The number of halogens is 1. The molecule has 2 unspecified atom stereocenters. The van der Waals surface area contributed by atoms with Crippen molar-refractivity contribution < 1.29 is 14.3 Å². The van der Waals surface area contributed by atoms with Gasteiger partial charge in [-0.25, -0.2) is 0 Å². The summed E-state index contributed by atoms with van der Waals surface area (Å²) >= 11 is 0. The van der Waals surface area contributed by atoms with Gasteiger partial charge in [-0.2, -0.15) is 0 Å². The molecule has 2 atom stereocenters. The molecular formula is C15H21ClN2O3. The van der Waals surface area contributed by atoms with Gasteiger partial charge in [0.15, 0.2) is 11.5 Å². The van der Waals surface area contributed by atoms with Crippen molar-refractivity contribution >= 4 is 18.3 Å². The minimum absolute atomic E-state index is 0. The van der Waals surface area contributed by atoms with Gasteiger partial charge >= 0.3 is 0 Å². The van der Waals surface area contributed by atoms with Gasteiger partial charge in [0.1, 0.15) is 0 Å². The Balaban J connectivity index is 0.00000161. The van der Waals surface area contributed by atoms with E-state index in [1.165, 1.54) is 0 Å². The minimum Gasteiger partial charge on any atom is -0.454 e. The monoisotopic (exact) mass is 312 g/mol. The SMILES string of the molecule is CC1CCN(C(=O)c2cccc3c2OCO3)C(CN)C1.Cl. The molecule has 2 N–H and O–H groups in total. The van der Waals surface area contributed by atoms with E-state index in [4.69, 9.17) is 15.2 Å². The molecule has 21 heavy (non-hydrogen) atoms. The first-order valence-electron chi connectivity index (χ1n) is 7.10. The Morgan fingerprint density at radius 1 is 1.43 bits per heavy atom. The third-order valence-corrected chi connectivity index (χ3v) is 4.14. The van der Waals surface area contributed by atoms with Crippen molar-refractivity contribution in [2.45, 2.75) is 25.8 Å². The molecule has 1 saturated heterocycles. The van der Waals surface area contributed by atoms with Gasteiger partial charge in [0.05, 0.1) is 5.56 Å². The average molecular weight is 313 g/mol. The topological polar surface area (TPSA) is 64.8 Å². The van der Waals surface area contributed by atoms with Crippen molar-refractivity contribution in [3.63, 3.8) is 0 Å². The van der Waals surface area contributed by atoms with Crippen LogP contribution in [0.3, 0.4) is 0 Å². The minimum atomic E-state index is -0.00491. The van der Waals surface area contributed by atoms with Crippen molar-refractivity contribution in [3.05, 3.63) is 23.8 Å². The van der Waals surface area contributed by atoms with Gasteiger partial charge in [-0.15, -0.1) is 12.4 Å². The van der Waals surface area contributed by atoms with Crippen LogP contribution in [0.15, 0.2) is 18.2 Å². The van der Waals surface area contributed by atoms with Crippen LogP contribution in [0.25, 0.3) is 0 Å². The number of rotatable bonds is 2. The number of carbonyl (C=O) groups is 1. The summed E-state index contributed by atoms with van der Waals surface area (Å²) in [7, 11) is 0. The van der Waals surface area contributed by atoms with Crippen LogP contribution in [-0.4, -0.2) is 36.7 Å². The quantitative estimate of drug-likeness (QED) is 0.907. The van der Waals surface area contributed by atoms with Crippen LogP contribution >= 0.6 is 12.4 Å². The number of nitrogens with two attached hydrogens (primary N) is 1. The Labute approximate surface area is 130 Å². The zero-order valence-electron chi connectivity index (χ0n) is 12.1. The van der Waals surface area contributed by atoms with Gasteiger partial charge in [-0.1, -0.05) is 13.0 Å². The molecule has 1 fully saturated rings. The summed E-state index contributed by atoms with van der Waals surface area (Å²) in [4.78, 5) is 14.7. The molecule has 1 aromatic rings. The van der Waals surface area contributed by atoms with E-state index in [0.29, 0.717) is 29.5 Å². The van der Waals surface area contributed by atoms with E-state index in [-0.39, 0.29) is 31.1 Å². The van der Waals surface area contributed by atoms with Crippen LogP contribution < -0.4 is 15.2 Å². The number of fused-ring (bicyclic) bond motifs is 1. The number of amides is 1. The molecule has 6 heteroatoms. The molecule has 1 amide bonds. The normalized spacial score (nSPS) is 23.6. The lowest BCUT2D eigenvalue weighted by atomic mass is 9.92. The van der Waals surface area contributed by atoms with E-state index in [1.807, 2.05) is 17.0 Å². The molecule has 0 spiro atoms. The molecule has 0 aromatic heterocycles. The number of nitrogens with zero attached hydrogens (tertiary/aromatic N) is 1. The molecule has 2 aliphatic rings. The second-order valence-corrected chi connectivity index (χ2v) is 5.56. The molecule has 3 rings (SSSR count).